The number of urea groups is 1. The van der Waals surface area contributed by atoms with Gasteiger partial charge in [0.2, 0.25) is 0 Å². The van der Waals surface area contributed by atoms with Gasteiger partial charge in [0.05, 0.1) is 5.69 Å². The molecule has 0 aliphatic carbocycles. The average Bonchev–Trinajstić information content (AvgIpc) is 3.17. The van der Waals surface area contributed by atoms with Crippen molar-refractivity contribution in [3.63, 3.8) is 0 Å². The Morgan fingerprint density at radius 3 is 2.71 bits per heavy atom. The van der Waals surface area contributed by atoms with Crippen LogP contribution >= 0.6 is 15.9 Å². The van der Waals surface area contributed by atoms with Crippen LogP contribution in [0.4, 0.5) is 20.6 Å². The third-order valence-corrected chi connectivity index (χ3v) is 5.68. The Morgan fingerprint density at radius 2 is 1.94 bits per heavy atom. The summed E-state index contributed by atoms with van der Waals surface area (Å²) in [5.41, 5.74) is 4.62. The second kappa shape index (κ2) is 8.89. The number of nitrogens with zero attached hydrogens (tertiary/aromatic N) is 1. The van der Waals surface area contributed by atoms with Gasteiger partial charge >= 0.3 is 6.03 Å². The molecule has 7 heteroatoms. The van der Waals surface area contributed by atoms with Gasteiger partial charge in [-0.25, -0.2) is 9.18 Å². The van der Waals surface area contributed by atoms with E-state index in [0.717, 1.165) is 28.8 Å². The zero-order valence-corrected chi connectivity index (χ0v) is 18.5. The van der Waals surface area contributed by atoms with E-state index in [0.29, 0.717) is 16.6 Å². The number of carbonyl (C=O) groups is 2. The van der Waals surface area contributed by atoms with Gasteiger partial charge in [-0.15, -0.1) is 0 Å². The number of fused-ring (bicyclic) bond motifs is 1. The van der Waals surface area contributed by atoms with Crippen molar-refractivity contribution in [2.75, 3.05) is 16.8 Å². The molecule has 0 saturated carbocycles. The van der Waals surface area contributed by atoms with Crippen molar-refractivity contribution in [1.82, 2.24) is 5.32 Å². The molecule has 0 unspecified atom stereocenters. The molecule has 5 nitrogen and oxygen atoms in total. The molecular formula is C24H21BrFN3O2. The van der Waals surface area contributed by atoms with Gasteiger partial charge in [0.1, 0.15) is 5.82 Å². The van der Waals surface area contributed by atoms with Crippen molar-refractivity contribution in [2.45, 2.75) is 19.9 Å². The second-order valence-corrected chi connectivity index (χ2v) is 8.39. The minimum Gasteiger partial charge on any atom is -0.334 e. The Balaban J connectivity index is 1.44. The Bertz CT molecular complexity index is 1170. The van der Waals surface area contributed by atoms with Gasteiger partial charge in [-0.2, -0.15) is 0 Å². The fourth-order valence-corrected chi connectivity index (χ4v) is 3.95. The van der Waals surface area contributed by atoms with Gasteiger partial charge in [-0.1, -0.05) is 45.8 Å². The molecule has 0 spiro atoms. The van der Waals surface area contributed by atoms with Crippen LogP contribution in [0.25, 0.3) is 0 Å². The summed E-state index contributed by atoms with van der Waals surface area (Å²) in [7, 11) is 0. The molecule has 0 bridgehead atoms. The highest BCUT2D eigenvalue weighted by Crippen LogP contribution is 2.30. The number of rotatable bonds is 4. The van der Waals surface area contributed by atoms with E-state index >= 15 is 0 Å². The lowest BCUT2D eigenvalue weighted by Gasteiger charge is -2.18. The minimum absolute atomic E-state index is 0.0315. The van der Waals surface area contributed by atoms with E-state index in [4.69, 9.17) is 0 Å². The molecule has 2 N–H and O–H groups in total. The summed E-state index contributed by atoms with van der Waals surface area (Å²) in [6.07, 6.45) is 0.796. The molecular weight excluding hydrogens is 461 g/mol. The van der Waals surface area contributed by atoms with Crippen molar-refractivity contribution in [1.29, 1.82) is 0 Å². The maximum atomic E-state index is 13.9. The van der Waals surface area contributed by atoms with Crippen LogP contribution in [-0.4, -0.2) is 18.5 Å². The van der Waals surface area contributed by atoms with E-state index in [2.05, 4.69) is 26.6 Å². The van der Waals surface area contributed by atoms with Crippen LogP contribution < -0.4 is 15.5 Å². The van der Waals surface area contributed by atoms with E-state index in [1.807, 2.05) is 49.4 Å². The van der Waals surface area contributed by atoms with Crippen LogP contribution in [-0.2, 0) is 13.0 Å². The highest BCUT2D eigenvalue weighted by molar-refractivity contribution is 9.10. The molecule has 0 aromatic heterocycles. The smallest absolute Gasteiger partial charge is 0.319 e. The summed E-state index contributed by atoms with van der Waals surface area (Å²) < 4.78 is 14.5. The monoisotopic (exact) mass is 481 g/mol. The number of carbonyl (C=O) groups excluding carboxylic acids is 2. The number of hydrogen-bond donors (Lipinski definition) is 2. The molecule has 3 aromatic carbocycles. The molecule has 3 amide bonds. The highest BCUT2D eigenvalue weighted by Gasteiger charge is 2.26. The maximum absolute atomic E-state index is 13.9. The second-order valence-electron chi connectivity index (χ2n) is 7.47. The normalized spacial score (nSPS) is 12.4. The molecule has 158 valence electrons. The Hall–Kier alpha value is -3.19. The molecule has 1 heterocycles. The lowest BCUT2D eigenvalue weighted by molar-refractivity contribution is 0.0989. The van der Waals surface area contributed by atoms with Crippen LogP contribution in [0.3, 0.4) is 0 Å². The number of hydrogen-bond acceptors (Lipinski definition) is 2. The fourth-order valence-electron chi connectivity index (χ4n) is 3.62. The summed E-state index contributed by atoms with van der Waals surface area (Å²) in [6, 6.07) is 17.3. The maximum Gasteiger partial charge on any atom is 0.319 e. The molecule has 0 saturated heterocycles. The zero-order valence-electron chi connectivity index (χ0n) is 16.9. The van der Waals surface area contributed by atoms with E-state index in [9.17, 15) is 14.0 Å². The molecule has 31 heavy (non-hydrogen) atoms. The largest absolute Gasteiger partial charge is 0.334 e. The van der Waals surface area contributed by atoms with Crippen molar-refractivity contribution >= 4 is 39.2 Å². The van der Waals surface area contributed by atoms with Gasteiger partial charge in [0.25, 0.3) is 5.91 Å². The third-order valence-electron chi connectivity index (χ3n) is 5.19. The summed E-state index contributed by atoms with van der Waals surface area (Å²) >= 11 is 3.19. The standard InChI is InChI=1S/C24H21BrFN3O2/c1-15-3-2-4-18(11-15)23(30)29-10-9-17-6-5-16(12-22(17)29)14-27-24(31)28-21-8-7-19(25)13-20(21)26/h2-8,11-13H,9-10,14H2,1H3,(H2,27,28,31). The first-order valence-corrected chi connectivity index (χ1v) is 10.7. The van der Waals surface area contributed by atoms with E-state index in [1.165, 1.54) is 12.1 Å². The van der Waals surface area contributed by atoms with Crippen LogP contribution in [0.15, 0.2) is 65.1 Å². The SMILES string of the molecule is Cc1cccc(C(=O)N2CCc3ccc(CNC(=O)Nc4ccc(Br)cc4F)cc32)c1. The third kappa shape index (κ3) is 4.77. The zero-order chi connectivity index (χ0) is 22.0. The number of amides is 3. The van der Waals surface area contributed by atoms with Crippen molar-refractivity contribution < 1.29 is 14.0 Å². The molecule has 0 radical (unpaired) electrons. The van der Waals surface area contributed by atoms with Gasteiger partial charge in [-0.05, 0) is 60.9 Å². The molecule has 3 aromatic rings. The quantitative estimate of drug-likeness (QED) is 0.522. The fraction of sp³-hybridized carbons (Fsp3) is 0.167. The van der Waals surface area contributed by atoms with Gasteiger partial charge in [0, 0.05) is 28.8 Å². The highest BCUT2D eigenvalue weighted by atomic mass is 79.9. The molecule has 1 aliphatic heterocycles. The van der Waals surface area contributed by atoms with Crippen LogP contribution in [0.1, 0.15) is 27.0 Å². The number of benzene rings is 3. The van der Waals surface area contributed by atoms with Crippen LogP contribution in [0.5, 0.6) is 0 Å². The average molecular weight is 482 g/mol. The number of halogens is 2. The summed E-state index contributed by atoms with van der Waals surface area (Å²) in [5, 5.41) is 5.24. The number of anilines is 2. The first kappa shape index (κ1) is 21.1. The van der Waals surface area contributed by atoms with Crippen molar-refractivity contribution in [3.05, 3.63) is 93.2 Å². The Morgan fingerprint density at radius 1 is 1.10 bits per heavy atom. The van der Waals surface area contributed by atoms with Gasteiger partial charge in [0.15, 0.2) is 0 Å². The lowest BCUT2D eigenvalue weighted by Crippen LogP contribution is -2.30. The number of aryl methyl sites for hydroxylation is 1. The summed E-state index contributed by atoms with van der Waals surface area (Å²) in [4.78, 5) is 27.0. The predicted molar refractivity (Wildman–Crippen MR) is 123 cm³/mol. The van der Waals surface area contributed by atoms with Crippen LogP contribution in [0.2, 0.25) is 0 Å². The predicted octanol–water partition coefficient (Wildman–Crippen LogP) is 5.42. The van der Waals surface area contributed by atoms with Crippen molar-refractivity contribution in [3.8, 4) is 0 Å². The molecule has 0 fully saturated rings. The molecule has 1 aliphatic rings. The topological polar surface area (TPSA) is 61.4 Å². The Kier molecular flexibility index (Phi) is 6.04. The van der Waals surface area contributed by atoms with Gasteiger partial charge in [-0.3, -0.25) is 4.79 Å². The van der Waals surface area contributed by atoms with Gasteiger partial charge < -0.3 is 15.5 Å². The molecule has 4 rings (SSSR count). The summed E-state index contributed by atoms with van der Waals surface area (Å²) in [6.45, 7) is 2.84. The summed E-state index contributed by atoms with van der Waals surface area (Å²) in [5.74, 6) is -0.552. The van der Waals surface area contributed by atoms with E-state index in [-0.39, 0.29) is 18.1 Å². The van der Waals surface area contributed by atoms with Crippen molar-refractivity contribution in [2.24, 2.45) is 0 Å². The number of nitrogens with one attached hydrogen (secondary N) is 2. The first-order chi connectivity index (χ1) is 14.9. The Labute approximate surface area is 188 Å². The van der Waals surface area contributed by atoms with E-state index in [1.54, 1.807) is 11.0 Å². The molecule has 0 atom stereocenters. The minimum atomic E-state index is -0.521. The first-order valence-electron chi connectivity index (χ1n) is 9.91. The lowest BCUT2D eigenvalue weighted by atomic mass is 10.1. The van der Waals surface area contributed by atoms with E-state index < -0.39 is 11.8 Å². The van der Waals surface area contributed by atoms with Crippen LogP contribution in [0, 0.1) is 12.7 Å².